The topological polar surface area (TPSA) is 66.5 Å². The molecule has 1 saturated heterocycles. The van der Waals surface area contributed by atoms with Crippen LogP contribution in [0.2, 0.25) is 0 Å². The molecule has 3 aliphatic rings. The Morgan fingerprint density at radius 1 is 0.958 bits per heavy atom. The minimum absolute atomic E-state index is 0.0885. The first kappa shape index (κ1) is 15.8. The van der Waals surface area contributed by atoms with Crippen molar-refractivity contribution < 1.29 is 13.2 Å². The first-order valence-electron chi connectivity index (χ1n) is 8.75. The van der Waals surface area contributed by atoms with Crippen molar-refractivity contribution in [3.8, 4) is 0 Å². The largest absolute Gasteiger partial charge is 0.321 e. The second kappa shape index (κ2) is 6.01. The highest BCUT2D eigenvalue weighted by molar-refractivity contribution is 7.89. The van der Waals surface area contributed by atoms with E-state index < -0.39 is 10.0 Å². The lowest BCUT2D eigenvalue weighted by molar-refractivity contribution is -0.110. The summed E-state index contributed by atoms with van der Waals surface area (Å²) in [6.45, 7) is 1.18. The lowest BCUT2D eigenvalue weighted by Crippen LogP contribution is -2.35. The highest BCUT2D eigenvalue weighted by atomic mass is 32.2. The summed E-state index contributed by atoms with van der Waals surface area (Å²) >= 11 is 0. The van der Waals surface area contributed by atoms with E-state index in [9.17, 15) is 13.2 Å². The van der Waals surface area contributed by atoms with Crippen molar-refractivity contribution in [2.24, 2.45) is 0 Å². The van der Waals surface area contributed by atoms with Crippen molar-refractivity contribution in [2.75, 3.05) is 18.4 Å². The average Bonchev–Trinajstić information content (AvgIpc) is 3.21. The highest BCUT2D eigenvalue weighted by Gasteiger charge is 2.32. The number of anilines is 1. The van der Waals surface area contributed by atoms with Gasteiger partial charge in [-0.1, -0.05) is 12.0 Å². The van der Waals surface area contributed by atoms with Gasteiger partial charge in [0, 0.05) is 29.9 Å². The minimum Gasteiger partial charge on any atom is -0.321 e. The fourth-order valence-corrected chi connectivity index (χ4v) is 5.51. The van der Waals surface area contributed by atoms with Crippen LogP contribution in [0.1, 0.15) is 50.5 Å². The van der Waals surface area contributed by atoms with Crippen LogP contribution in [0.15, 0.2) is 28.7 Å². The number of rotatable bonds is 2. The van der Waals surface area contributed by atoms with E-state index >= 15 is 0 Å². The molecule has 1 aromatic carbocycles. The van der Waals surface area contributed by atoms with Crippen LogP contribution in [0.25, 0.3) is 5.57 Å². The quantitative estimate of drug-likeness (QED) is 0.837. The zero-order valence-electron chi connectivity index (χ0n) is 13.7. The van der Waals surface area contributed by atoms with Gasteiger partial charge in [0.2, 0.25) is 10.0 Å². The Labute approximate surface area is 142 Å². The maximum absolute atomic E-state index is 12.9. The standard InChI is InChI=1S/C18H22N2O3S/c21-18-17(13-6-2-3-7-13)15-12-14(8-9-16(15)19-18)24(22,23)20-10-4-1-5-11-20/h8-9,12H,1-7,10-11H2,(H,19,21). The summed E-state index contributed by atoms with van der Waals surface area (Å²) in [7, 11) is -3.48. The van der Waals surface area contributed by atoms with Crippen LogP contribution in [0, 0.1) is 0 Å². The van der Waals surface area contributed by atoms with E-state index in [1.807, 2.05) is 0 Å². The first-order valence-corrected chi connectivity index (χ1v) is 10.2. The summed E-state index contributed by atoms with van der Waals surface area (Å²) in [5, 5.41) is 2.88. The molecule has 0 atom stereocenters. The molecule has 1 N–H and O–H groups in total. The fourth-order valence-electron chi connectivity index (χ4n) is 3.96. The van der Waals surface area contributed by atoms with E-state index in [4.69, 9.17) is 0 Å². The highest BCUT2D eigenvalue weighted by Crippen LogP contribution is 2.40. The van der Waals surface area contributed by atoms with Crippen LogP contribution in [0.4, 0.5) is 5.69 Å². The molecule has 24 heavy (non-hydrogen) atoms. The summed E-state index contributed by atoms with van der Waals surface area (Å²) < 4.78 is 27.4. The molecule has 5 nitrogen and oxygen atoms in total. The molecule has 2 fully saturated rings. The minimum atomic E-state index is -3.48. The van der Waals surface area contributed by atoms with Gasteiger partial charge >= 0.3 is 0 Å². The Kier molecular flexibility index (Phi) is 3.96. The lowest BCUT2D eigenvalue weighted by Gasteiger charge is -2.26. The summed E-state index contributed by atoms with van der Waals surface area (Å²) in [5.74, 6) is -0.0885. The number of hydrogen-bond donors (Lipinski definition) is 1. The van der Waals surface area contributed by atoms with Crippen LogP contribution in [-0.4, -0.2) is 31.7 Å². The SMILES string of the molecule is O=C1Nc2ccc(S(=O)(=O)N3CCCCC3)cc2C1=C1CCCC1. The molecular weight excluding hydrogens is 324 g/mol. The molecule has 0 bridgehead atoms. The maximum Gasteiger partial charge on any atom is 0.256 e. The molecule has 6 heteroatoms. The number of nitrogens with one attached hydrogen (secondary N) is 1. The van der Waals surface area contributed by atoms with Crippen molar-refractivity contribution in [3.05, 3.63) is 29.3 Å². The number of sulfonamides is 1. The normalized spacial score (nSPS) is 21.9. The number of allylic oxidation sites excluding steroid dienone is 1. The summed E-state index contributed by atoms with van der Waals surface area (Å²) in [5.41, 5.74) is 3.36. The zero-order valence-corrected chi connectivity index (χ0v) is 14.5. The van der Waals surface area contributed by atoms with Crippen LogP contribution in [0.5, 0.6) is 0 Å². The van der Waals surface area contributed by atoms with Gasteiger partial charge in [0.1, 0.15) is 0 Å². The van der Waals surface area contributed by atoms with Crippen molar-refractivity contribution in [1.29, 1.82) is 0 Å². The Hall–Kier alpha value is -1.66. The third kappa shape index (κ3) is 2.58. The van der Waals surface area contributed by atoms with Gasteiger partial charge in [0.05, 0.1) is 4.90 Å². The first-order chi connectivity index (χ1) is 11.6. The van der Waals surface area contributed by atoms with Gasteiger partial charge in [-0.25, -0.2) is 8.42 Å². The Morgan fingerprint density at radius 2 is 1.67 bits per heavy atom. The summed E-state index contributed by atoms with van der Waals surface area (Å²) in [6, 6.07) is 5.04. The van der Waals surface area contributed by atoms with Crippen molar-refractivity contribution in [2.45, 2.75) is 49.8 Å². The number of nitrogens with zero attached hydrogens (tertiary/aromatic N) is 1. The summed E-state index contributed by atoms with van der Waals surface area (Å²) in [6.07, 6.45) is 7.00. The number of amides is 1. The third-order valence-electron chi connectivity index (χ3n) is 5.25. The van der Waals surface area contributed by atoms with Gasteiger partial charge in [-0.05, 0) is 56.7 Å². The van der Waals surface area contributed by atoms with Crippen LogP contribution in [-0.2, 0) is 14.8 Å². The number of carbonyl (C=O) groups excluding carboxylic acids is 1. The lowest BCUT2D eigenvalue weighted by atomic mass is 10.00. The molecule has 0 radical (unpaired) electrons. The van der Waals surface area contributed by atoms with Crippen molar-refractivity contribution in [1.82, 2.24) is 4.31 Å². The van der Waals surface area contributed by atoms with Gasteiger partial charge in [0.25, 0.3) is 5.91 Å². The Balaban J connectivity index is 1.76. The predicted molar refractivity (Wildman–Crippen MR) is 93.1 cm³/mol. The summed E-state index contributed by atoms with van der Waals surface area (Å²) in [4.78, 5) is 12.7. The second-order valence-electron chi connectivity index (χ2n) is 6.81. The van der Waals surface area contributed by atoms with E-state index in [1.165, 1.54) is 5.57 Å². The molecule has 1 aromatic rings. The number of fused-ring (bicyclic) bond motifs is 1. The molecule has 0 spiro atoms. The van der Waals surface area contributed by atoms with Crippen molar-refractivity contribution in [3.63, 3.8) is 0 Å². The Morgan fingerprint density at radius 3 is 2.38 bits per heavy atom. The van der Waals surface area contributed by atoms with Crippen LogP contribution < -0.4 is 5.32 Å². The van der Waals surface area contributed by atoms with Crippen molar-refractivity contribution >= 4 is 27.2 Å². The maximum atomic E-state index is 12.9. The van der Waals surface area contributed by atoms with Gasteiger partial charge in [-0.15, -0.1) is 0 Å². The average molecular weight is 346 g/mol. The van der Waals surface area contributed by atoms with E-state index in [2.05, 4.69) is 5.32 Å². The molecule has 0 aromatic heterocycles. The third-order valence-corrected chi connectivity index (χ3v) is 7.14. The van der Waals surface area contributed by atoms with Gasteiger partial charge in [-0.2, -0.15) is 4.31 Å². The second-order valence-corrected chi connectivity index (χ2v) is 8.75. The van der Waals surface area contributed by atoms with Gasteiger partial charge in [0.15, 0.2) is 0 Å². The number of carbonyl (C=O) groups is 1. The molecule has 128 valence electrons. The number of benzene rings is 1. The molecule has 4 rings (SSSR count). The molecule has 2 aliphatic heterocycles. The Bertz CT molecular complexity index is 813. The van der Waals surface area contributed by atoms with Crippen LogP contribution in [0.3, 0.4) is 0 Å². The predicted octanol–water partition coefficient (Wildman–Crippen LogP) is 3.14. The van der Waals surface area contributed by atoms with Gasteiger partial charge < -0.3 is 5.32 Å². The number of piperidine rings is 1. The van der Waals surface area contributed by atoms with Crippen LogP contribution >= 0.6 is 0 Å². The van der Waals surface area contributed by atoms with E-state index in [1.54, 1.807) is 22.5 Å². The van der Waals surface area contributed by atoms with Gasteiger partial charge in [-0.3, -0.25) is 4.79 Å². The van der Waals surface area contributed by atoms with E-state index in [0.717, 1.165) is 56.2 Å². The molecular formula is C18H22N2O3S. The molecule has 2 heterocycles. The fraction of sp³-hybridized carbons (Fsp3) is 0.500. The van der Waals surface area contributed by atoms with E-state index in [0.29, 0.717) is 23.6 Å². The monoisotopic (exact) mass is 346 g/mol. The molecule has 1 amide bonds. The molecule has 1 saturated carbocycles. The van der Waals surface area contributed by atoms with E-state index in [-0.39, 0.29) is 5.91 Å². The molecule has 1 aliphatic carbocycles. The zero-order chi connectivity index (χ0) is 16.7. The smallest absolute Gasteiger partial charge is 0.256 e. The molecule has 0 unspecified atom stereocenters. The number of hydrogen-bond acceptors (Lipinski definition) is 3.